The third-order valence-corrected chi connectivity index (χ3v) is 3.70. The van der Waals surface area contributed by atoms with Gasteiger partial charge in [0.2, 0.25) is 0 Å². The minimum absolute atomic E-state index is 0.0109. The molecule has 5 heteroatoms. The van der Waals surface area contributed by atoms with Crippen molar-refractivity contribution in [2.75, 3.05) is 5.73 Å². The van der Waals surface area contributed by atoms with Gasteiger partial charge in [0.25, 0.3) is 5.56 Å². The summed E-state index contributed by atoms with van der Waals surface area (Å²) in [6.45, 7) is 1.40. The Balaban J connectivity index is 1.77. The zero-order valence-electron chi connectivity index (χ0n) is 10.9. The molecule has 0 spiro atoms. The molecule has 100 valence electrons. The molecule has 1 aliphatic rings. The first kappa shape index (κ1) is 12.0. The quantitative estimate of drug-likeness (QED) is 0.899. The van der Waals surface area contributed by atoms with Gasteiger partial charge in [-0.1, -0.05) is 0 Å². The topological polar surface area (TPSA) is 65.8 Å². The Labute approximate surface area is 111 Å². The van der Waals surface area contributed by atoms with Crippen LogP contribution in [0.3, 0.4) is 0 Å². The number of nitrogen functional groups attached to an aromatic ring is 1. The third kappa shape index (κ3) is 2.41. The second-order valence-electron chi connectivity index (χ2n) is 5.03. The van der Waals surface area contributed by atoms with Crippen LogP contribution in [0.25, 0.3) is 0 Å². The van der Waals surface area contributed by atoms with E-state index in [0.29, 0.717) is 12.2 Å². The molecule has 0 atom stereocenters. The normalized spacial score (nSPS) is 14.3. The molecule has 0 bridgehead atoms. The predicted octanol–water partition coefficient (Wildman–Crippen LogP) is 1.21. The Hall–Kier alpha value is -2.04. The second kappa shape index (κ2) is 4.91. The van der Waals surface area contributed by atoms with Crippen LogP contribution in [-0.4, -0.2) is 14.1 Å². The van der Waals surface area contributed by atoms with Gasteiger partial charge in [-0.3, -0.25) is 4.79 Å². The molecule has 0 aliphatic heterocycles. The molecular formula is C14H18N4O. The summed E-state index contributed by atoms with van der Waals surface area (Å²) < 4.78 is 3.83. The lowest BCUT2D eigenvalue weighted by Gasteiger charge is -2.14. The number of anilines is 1. The molecular weight excluding hydrogens is 240 g/mol. The van der Waals surface area contributed by atoms with Crippen LogP contribution in [0.1, 0.15) is 24.2 Å². The monoisotopic (exact) mass is 258 g/mol. The lowest BCUT2D eigenvalue weighted by atomic mass is 10.0. The van der Waals surface area contributed by atoms with Crippen LogP contribution in [0.4, 0.5) is 5.69 Å². The van der Waals surface area contributed by atoms with Crippen molar-refractivity contribution in [3.05, 3.63) is 46.4 Å². The summed E-state index contributed by atoms with van der Waals surface area (Å²) in [7, 11) is 0. The molecule has 0 unspecified atom stereocenters. The first-order chi connectivity index (χ1) is 9.24. The lowest BCUT2D eigenvalue weighted by molar-refractivity contribution is 0.537. The molecule has 0 aromatic carbocycles. The molecule has 1 aliphatic carbocycles. The highest BCUT2D eigenvalue weighted by Gasteiger charge is 2.14. The Morgan fingerprint density at radius 3 is 2.84 bits per heavy atom. The second-order valence-corrected chi connectivity index (χ2v) is 5.03. The molecule has 0 saturated carbocycles. The third-order valence-electron chi connectivity index (χ3n) is 3.70. The van der Waals surface area contributed by atoms with Crippen molar-refractivity contribution in [1.29, 1.82) is 0 Å². The fourth-order valence-electron chi connectivity index (χ4n) is 2.66. The highest BCUT2D eigenvalue weighted by molar-refractivity contribution is 5.33. The summed E-state index contributed by atoms with van der Waals surface area (Å²) in [6, 6.07) is 3.15. The molecule has 2 heterocycles. The van der Waals surface area contributed by atoms with Crippen molar-refractivity contribution in [3.63, 3.8) is 0 Å². The van der Waals surface area contributed by atoms with Gasteiger partial charge in [0.15, 0.2) is 0 Å². The van der Waals surface area contributed by atoms with Crippen LogP contribution in [0.2, 0.25) is 0 Å². The minimum atomic E-state index is -0.0109. The number of pyridine rings is 1. The zero-order chi connectivity index (χ0) is 13.2. The average Bonchev–Trinajstić information content (AvgIpc) is 2.83. The maximum absolute atomic E-state index is 11.7. The number of nitrogens with zero attached hydrogens (tertiary/aromatic N) is 3. The van der Waals surface area contributed by atoms with Gasteiger partial charge in [-0.15, -0.1) is 0 Å². The lowest BCUT2D eigenvalue weighted by Crippen LogP contribution is -2.22. The van der Waals surface area contributed by atoms with Gasteiger partial charge in [-0.05, 0) is 31.7 Å². The van der Waals surface area contributed by atoms with E-state index in [1.807, 2.05) is 6.33 Å². The molecule has 3 rings (SSSR count). The van der Waals surface area contributed by atoms with Crippen molar-refractivity contribution in [3.8, 4) is 0 Å². The molecule has 0 radical (unpaired) electrons. The molecule has 2 aromatic rings. The maximum Gasteiger partial charge on any atom is 0.250 e. The number of rotatable bonds is 3. The van der Waals surface area contributed by atoms with Gasteiger partial charge in [0, 0.05) is 36.7 Å². The Morgan fingerprint density at radius 2 is 1.95 bits per heavy atom. The number of hydrogen-bond donors (Lipinski definition) is 1. The summed E-state index contributed by atoms with van der Waals surface area (Å²) in [4.78, 5) is 16.2. The molecule has 0 amide bonds. The Bertz CT molecular complexity index is 641. The highest BCUT2D eigenvalue weighted by atomic mass is 16.1. The SMILES string of the molecule is Nc1ccc(=O)n(CCn2cnc3c2CCCC3)c1. The van der Waals surface area contributed by atoms with E-state index in [4.69, 9.17) is 5.73 Å². The molecule has 0 saturated heterocycles. The molecule has 2 N–H and O–H groups in total. The van der Waals surface area contributed by atoms with Crippen molar-refractivity contribution < 1.29 is 0 Å². The zero-order valence-corrected chi connectivity index (χ0v) is 10.9. The summed E-state index contributed by atoms with van der Waals surface area (Å²) in [5.74, 6) is 0. The van der Waals surface area contributed by atoms with Crippen molar-refractivity contribution >= 4 is 5.69 Å². The number of hydrogen-bond acceptors (Lipinski definition) is 3. The van der Waals surface area contributed by atoms with E-state index >= 15 is 0 Å². The smallest absolute Gasteiger partial charge is 0.250 e. The number of nitrogens with two attached hydrogens (primary N) is 1. The summed E-state index contributed by atoms with van der Waals surface area (Å²) in [5.41, 5.74) is 8.88. The average molecular weight is 258 g/mol. The Morgan fingerprint density at radius 1 is 1.16 bits per heavy atom. The maximum atomic E-state index is 11.7. The minimum Gasteiger partial charge on any atom is -0.398 e. The van der Waals surface area contributed by atoms with Gasteiger partial charge in [-0.25, -0.2) is 4.98 Å². The standard InChI is InChI=1S/C14H18N4O/c15-11-5-6-14(19)17(9-11)7-8-18-10-16-12-3-1-2-4-13(12)18/h5-6,9-10H,1-4,7-8,15H2. The first-order valence-corrected chi connectivity index (χ1v) is 6.73. The fraction of sp³-hybridized carbons (Fsp3) is 0.429. The summed E-state index contributed by atoms with van der Waals surface area (Å²) in [5, 5.41) is 0. The van der Waals surface area contributed by atoms with Gasteiger partial charge < -0.3 is 14.9 Å². The van der Waals surface area contributed by atoms with E-state index in [0.717, 1.165) is 19.4 Å². The van der Waals surface area contributed by atoms with Crippen molar-refractivity contribution in [2.24, 2.45) is 0 Å². The van der Waals surface area contributed by atoms with Gasteiger partial charge >= 0.3 is 0 Å². The molecule has 2 aromatic heterocycles. The molecule has 0 fully saturated rings. The van der Waals surface area contributed by atoms with Crippen molar-refractivity contribution in [2.45, 2.75) is 38.8 Å². The van der Waals surface area contributed by atoms with Crippen LogP contribution in [0, 0.1) is 0 Å². The van der Waals surface area contributed by atoms with Crippen LogP contribution in [0.5, 0.6) is 0 Å². The van der Waals surface area contributed by atoms with E-state index in [9.17, 15) is 4.79 Å². The summed E-state index contributed by atoms with van der Waals surface area (Å²) in [6.07, 6.45) is 8.25. The number of fused-ring (bicyclic) bond motifs is 1. The number of aryl methyl sites for hydroxylation is 3. The molecule has 5 nitrogen and oxygen atoms in total. The fourth-order valence-corrected chi connectivity index (χ4v) is 2.66. The van der Waals surface area contributed by atoms with E-state index in [1.54, 1.807) is 16.8 Å². The van der Waals surface area contributed by atoms with E-state index < -0.39 is 0 Å². The van der Waals surface area contributed by atoms with Crippen LogP contribution in [0.15, 0.2) is 29.5 Å². The van der Waals surface area contributed by atoms with Crippen LogP contribution >= 0.6 is 0 Å². The number of aromatic nitrogens is 3. The Kier molecular flexibility index (Phi) is 3.11. The van der Waals surface area contributed by atoms with Gasteiger partial charge in [0.05, 0.1) is 12.0 Å². The van der Waals surface area contributed by atoms with Crippen molar-refractivity contribution in [1.82, 2.24) is 14.1 Å². The van der Waals surface area contributed by atoms with Gasteiger partial charge in [0.1, 0.15) is 0 Å². The highest BCUT2D eigenvalue weighted by Crippen LogP contribution is 2.19. The first-order valence-electron chi connectivity index (χ1n) is 6.73. The van der Waals surface area contributed by atoms with E-state index in [-0.39, 0.29) is 5.56 Å². The molecule has 19 heavy (non-hydrogen) atoms. The predicted molar refractivity (Wildman–Crippen MR) is 74.0 cm³/mol. The van der Waals surface area contributed by atoms with E-state index in [2.05, 4.69) is 9.55 Å². The largest absolute Gasteiger partial charge is 0.398 e. The van der Waals surface area contributed by atoms with Gasteiger partial charge in [-0.2, -0.15) is 0 Å². The van der Waals surface area contributed by atoms with Crippen LogP contribution < -0.4 is 11.3 Å². The van der Waals surface area contributed by atoms with E-state index in [1.165, 1.54) is 30.3 Å². The van der Waals surface area contributed by atoms with Crippen LogP contribution in [-0.2, 0) is 25.9 Å². The number of imidazole rings is 1. The summed E-state index contributed by atoms with van der Waals surface area (Å²) >= 11 is 0.